The Morgan fingerprint density at radius 2 is 1.67 bits per heavy atom. The Morgan fingerprint density at radius 1 is 1.03 bits per heavy atom. The van der Waals surface area contributed by atoms with Gasteiger partial charge in [0.25, 0.3) is 0 Å². The molecule has 0 spiro atoms. The topological polar surface area (TPSA) is 88.5 Å². The molecular formula is C23H19ClN2O4. The number of nitrogens with one attached hydrogen (secondary N) is 1. The number of carboxylic acids is 1. The predicted molar refractivity (Wildman–Crippen MR) is 112 cm³/mol. The summed E-state index contributed by atoms with van der Waals surface area (Å²) in [4.78, 5) is 27.8. The summed E-state index contributed by atoms with van der Waals surface area (Å²) in [5.41, 5.74) is 4.88. The number of rotatable bonds is 6. The number of halogens is 1. The third kappa shape index (κ3) is 4.14. The van der Waals surface area contributed by atoms with Crippen molar-refractivity contribution >= 4 is 23.7 Å². The second kappa shape index (κ2) is 8.55. The molecule has 1 aliphatic rings. The van der Waals surface area contributed by atoms with E-state index >= 15 is 0 Å². The summed E-state index contributed by atoms with van der Waals surface area (Å²) in [6, 6.07) is 18.4. The highest BCUT2D eigenvalue weighted by Gasteiger charge is 2.29. The zero-order valence-corrected chi connectivity index (χ0v) is 16.7. The minimum atomic E-state index is -1.06. The van der Waals surface area contributed by atoms with Crippen LogP contribution in [0.2, 0.25) is 5.02 Å². The number of hydrogen-bond donors (Lipinski definition) is 2. The lowest BCUT2D eigenvalue weighted by Gasteiger charge is -2.18. The highest BCUT2D eigenvalue weighted by Crippen LogP contribution is 2.44. The van der Waals surface area contributed by atoms with Gasteiger partial charge in [0, 0.05) is 12.1 Å². The summed E-state index contributed by atoms with van der Waals surface area (Å²) in [5, 5.41) is 12.2. The monoisotopic (exact) mass is 422 g/mol. The van der Waals surface area contributed by atoms with E-state index in [1.165, 1.54) is 6.20 Å². The summed E-state index contributed by atoms with van der Waals surface area (Å²) in [7, 11) is 0. The summed E-state index contributed by atoms with van der Waals surface area (Å²) in [5.74, 6) is -1.13. The lowest BCUT2D eigenvalue weighted by molar-refractivity contribution is -0.137. The maximum atomic E-state index is 12.5. The van der Waals surface area contributed by atoms with Crippen LogP contribution >= 0.6 is 11.6 Å². The second-order valence-electron chi connectivity index (χ2n) is 7.02. The predicted octanol–water partition coefficient (Wildman–Crippen LogP) is 4.79. The van der Waals surface area contributed by atoms with Crippen LogP contribution in [0.4, 0.5) is 4.79 Å². The van der Waals surface area contributed by atoms with Crippen molar-refractivity contribution in [3.63, 3.8) is 0 Å². The van der Waals surface area contributed by atoms with Gasteiger partial charge in [0.15, 0.2) is 0 Å². The van der Waals surface area contributed by atoms with Crippen LogP contribution in [0.25, 0.3) is 11.1 Å². The number of aliphatic carboxylic acids is 1. The van der Waals surface area contributed by atoms with Crippen molar-refractivity contribution in [2.24, 2.45) is 0 Å². The summed E-state index contributed by atoms with van der Waals surface area (Å²) in [6.45, 7) is 0.147. The average Bonchev–Trinajstić information content (AvgIpc) is 3.06. The van der Waals surface area contributed by atoms with Crippen molar-refractivity contribution < 1.29 is 19.4 Å². The number of benzene rings is 2. The molecule has 0 saturated carbocycles. The molecular weight excluding hydrogens is 404 g/mol. The molecule has 1 aromatic heterocycles. The van der Waals surface area contributed by atoms with Crippen LogP contribution < -0.4 is 5.32 Å². The number of carbonyl (C=O) groups excluding carboxylic acids is 1. The van der Waals surface area contributed by atoms with Gasteiger partial charge in [-0.05, 0) is 34.4 Å². The molecule has 3 aromatic rings. The molecule has 0 fully saturated rings. The van der Waals surface area contributed by atoms with E-state index in [9.17, 15) is 14.7 Å². The van der Waals surface area contributed by atoms with Crippen LogP contribution in [0.15, 0.2) is 66.9 Å². The van der Waals surface area contributed by atoms with E-state index in [2.05, 4.69) is 22.4 Å². The van der Waals surface area contributed by atoms with Gasteiger partial charge in [0.2, 0.25) is 0 Å². The molecule has 1 aliphatic carbocycles. The van der Waals surface area contributed by atoms with E-state index in [4.69, 9.17) is 16.3 Å². The SMILES string of the molecule is O=C(O)C[C@H](NC(=O)OCC1c2ccccc2-c2ccccc21)c1ccc(Cl)cn1. The van der Waals surface area contributed by atoms with Crippen LogP contribution in [0, 0.1) is 0 Å². The van der Waals surface area contributed by atoms with Crippen LogP contribution in [-0.4, -0.2) is 28.8 Å². The normalized spacial score (nSPS) is 13.2. The largest absolute Gasteiger partial charge is 0.481 e. The summed E-state index contributed by atoms with van der Waals surface area (Å²) < 4.78 is 5.50. The molecule has 4 rings (SSSR count). The first-order valence-corrected chi connectivity index (χ1v) is 9.85. The number of nitrogens with zero attached hydrogens (tertiary/aromatic N) is 1. The van der Waals surface area contributed by atoms with Gasteiger partial charge in [-0.15, -0.1) is 0 Å². The van der Waals surface area contributed by atoms with E-state index in [-0.39, 0.29) is 18.9 Å². The molecule has 0 aliphatic heterocycles. The van der Waals surface area contributed by atoms with Crippen molar-refractivity contribution in [3.8, 4) is 11.1 Å². The van der Waals surface area contributed by atoms with E-state index in [1.807, 2.05) is 36.4 Å². The summed E-state index contributed by atoms with van der Waals surface area (Å²) >= 11 is 5.84. The smallest absolute Gasteiger partial charge is 0.407 e. The zero-order chi connectivity index (χ0) is 21.1. The van der Waals surface area contributed by atoms with Crippen LogP contribution in [0.5, 0.6) is 0 Å². The number of carboxylic acid groups (broad SMARTS) is 1. The molecule has 6 nitrogen and oxygen atoms in total. The minimum Gasteiger partial charge on any atom is -0.481 e. The van der Waals surface area contributed by atoms with Crippen molar-refractivity contribution in [2.45, 2.75) is 18.4 Å². The third-order valence-corrected chi connectivity index (χ3v) is 5.35. The van der Waals surface area contributed by atoms with E-state index in [0.717, 1.165) is 22.3 Å². The fourth-order valence-electron chi connectivity index (χ4n) is 3.78. The molecule has 152 valence electrons. The minimum absolute atomic E-state index is 0.0743. The average molecular weight is 423 g/mol. The fourth-order valence-corrected chi connectivity index (χ4v) is 3.89. The lowest BCUT2D eigenvalue weighted by Crippen LogP contribution is -2.32. The van der Waals surface area contributed by atoms with Crippen molar-refractivity contribution in [1.29, 1.82) is 0 Å². The molecule has 1 amide bonds. The molecule has 0 bridgehead atoms. The first kappa shape index (κ1) is 19.9. The Morgan fingerprint density at radius 3 is 2.23 bits per heavy atom. The lowest BCUT2D eigenvalue weighted by atomic mass is 9.98. The number of fused-ring (bicyclic) bond motifs is 3. The van der Waals surface area contributed by atoms with Gasteiger partial charge >= 0.3 is 12.1 Å². The number of aromatic nitrogens is 1. The summed E-state index contributed by atoms with van der Waals surface area (Å²) in [6.07, 6.45) is 0.393. The van der Waals surface area contributed by atoms with Crippen LogP contribution in [0.1, 0.15) is 35.2 Å². The Labute approximate surface area is 178 Å². The van der Waals surface area contributed by atoms with Crippen LogP contribution in [-0.2, 0) is 9.53 Å². The first-order chi connectivity index (χ1) is 14.5. The van der Waals surface area contributed by atoms with E-state index in [0.29, 0.717) is 10.7 Å². The molecule has 7 heteroatoms. The fraction of sp³-hybridized carbons (Fsp3) is 0.174. The molecule has 0 unspecified atom stereocenters. The Balaban J connectivity index is 1.47. The maximum Gasteiger partial charge on any atom is 0.407 e. The number of alkyl carbamates (subject to hydrolysis) is 1. The molecule has 1 heterocycles. The van der Waals surface area contributed by atoms with Crippen molar-refractivity contribution in [2.75, 3.05) is 6.61 Å². The van der Waals surface area contributed by atoms with Gasteiger partial charge in [-0.2, -0.15) is 0 Å². The third-order valence-electron chi connectivity index (χ3n) is 5.12. The van der Waals surface area contributed by atoms with Gasteiger partial charge in [-0.1, -0.05) is 60.1 Å². The van der Waals surface area contributed by atoms with Gasteiger partial charge in [0.05, 0.1) is 23.2 Å². The van der Waals surface area contributed by atoms with Crippen molar-refractivity contribution in [1.82, 2.24) is 10.3 Å². The van der Waals surface area contributed by atoms with E-state index in [1.54, 1.807) is 12.1 Å². The van der Waals surface area contributed by atoms with Crippen molar-refractivity contribution in [3.05, 3.63) is 88.7 Å². The molecule has 30 heavy (non-hydrogen) atoms. The maximum absolute atomic E-state index is 12.5. The standard InChI is InChI=1S/C23H19ClN2O4/c24-14-9-10-20(25-12-14)21(11-22(27)28)26-23(29)30-13-19-17-7-3-1-5-15(17)16-6-2-4-8-18(16)19/h1-10,12,19,21H,11,13H2,(H,26,29)(H,27,28)/t21-/m0/s1. The number of carbonyl (C=O) groups is 2. The second-order valence-corrected chi connectivity index (χ2v) is 7.46. The molecule has 1 atom stereocenters. The zero-order valence-electron chi connectivity index (χ0n) is 15.9. The van der Waals surface area contributed by atoms with Gasteiger partial charge < -0.3 is 15.2 Å². The highest BCUT2D eigenvalue weighted by atomic mass is 35.5. The number of amides is 1. The number of pyridine rings is 1. The Kier molecular flexibility index (Phi) is 5.68. The number of ether oxygens (including phenoxy) is 1. The molecule has 2 aromatic carbocycles. The van der Waals surface area contributed by atoms with Gasteiger partial charge in [-0.25, -0.2) is 4.79 Å². The first-order valence-electron chi connectivity index (χ1n) is 9.47. The van der Waals surface area contributed by atoms with Gasteiger partial charge in [0.1, 0.15) is 6.61 Å². The Hall–Kier alpha value is -3.38. The van der Waals surface area contributed by atoms with Gasteiger partial charge in [-0.3, -0.25) is 9.78 Å². The number of hydrogen-bond acceptors (Lipinski definition) is 4. The molecule has 0 saturated heterocycles. The van der Waals surface area contributed by atoms with Crippen LogP contribution in [0.3, 0.4) is 0 Å². The molecule has 0 radical (unpaired) electrons. The quantitative estimate of drug-likeness (QED) is 0.596. The highest BCUT2D eigenvalue weighted by molar-refractivity contribution is 6.30. The molecule has 2 N–H and O–H groups in total. The van der Waals surface area contributed by atoms with E-state index < -0.39 is 18.1 Å². The Bertz CT molecular complexity index is 1040.